The van der Waals surface area contributed by atoms with E-state index in [1.807, 2.05) is 11.9 Å². The van der Waals surface area contributed by atoms with Gasteiger partial charge in [-0.05, 0) is 73.9 Å². The van der Waals surface area contributed by atoms with Crippen LogP contribution in [0.2, 0.25) is 0 Å². The number of rotatable bonds is 4. The highest BCUT2D eigenvalue weighted by atomic mass is 19.1. The van der Waals surface area contributed by atoms with Gasteiger partial charge in [-0.15, -0.1) is 6.42 Å². The smallest absolute Gasteiger partial charge is 0.319 e. The summed E-state index contributed by atoms with van der Waals surface area (Å²) in [6.07, 6.45) is 9.46. The lowest BCUT2D eigenvalue weighted by atomic mass is 9.92. The van der Waals surface area contributed by atoms with E-state index < -0.39 is 23.3 Å². The highest BCUT2D eigenvalue weighted by Gasteiger charge is 2.49. The average Bonchev–Trinajstić information content (AvgIpc) is 3.69. The first kappa shape index (κ1) is 27.3. The zero-order valence-corrected chi connectivity index (χ0v) is 24.2. The number of anilines is 1. The second-order valence-electron chi connectivity index (χ2n) is 12.6. The van der Waals surface area contributed by atoms with Gasteiger partial charge < -0.3 is 19.5 Å². The third kappa shape index (κ3) is 4.02. The Bertz CT molecular complexity index is 1890. The van der Waals surface area contributed by atoms with E-state index in [0.29, 0.717) is 40.7 Å². The van der Waals surface area contributed by atoms with E-state index in [-0.39, 0.29) is 52.7 Å². The van der Waals surface area contributed by atoms with Crippen molar-refractivity contribution in [2.45, 2.75) is 62.4 Å². The van der Waals surface area contributed by atoms with Crippen molar-refractivity contribution in [1.82, 2.24) is 14.9 Å². The molecule has 44 heavy (non-hydrogen) atoms. The number of alkyl halides is 1. The van der Waals surface area contributed by atoms with E-state index in [4.69, 9.17) is 20.9 Å². The van der Waals surface area contributed by atoms with Gasteiger partial charge in [0.05, 0.1) is 22.5 Å². The van der Waals surface area contributed by atoms with E-state index >= 15 is 4.39 Å². The molecule has 3 fully saturated rings. The molecule has 0 bridgehead atoms. The van der Waals surface area contributed by atoms with Crippen molar-refractivity contribution in [3.63, 3.8) is 0 Å². The number of phenols is 1. The first-order valence-corrected chi connectivity index (χ1v) is 15.1. The Labute approximate surface area is 252 Å². The van der Waals surface area contributed by atoms with Crippen molar-refractivity contribution in [2.75, 3.05) is 31.6 Å². The van der Waals surface area contributed by atoms with Crippen LogP contribution in [0.3, 0.4) is 0 Å². The molecule has 1 aliphatic carbocycles. The molecule has 3 aromatic carbocycles. The first-order chi connectivity index (χ1) is 21.3. The van der Waals surface area contributed by atoms with Gasteiger partial charge in [-0.2, -0.15) is 9.97 Å². The van der Waals surface area contributed by atoms with Crippen LogP contribution in [0.1, 0.15) is 44.1 Å². The Hall–Kier alpha value is -4.23. The van der Waals surface area contributed by atoms with E-state index in [1.54, 1.807) is 6.07 Å². The summed E-state index contributed by atoms with van der Waals surface area (Å²) in [5.41, 5.74) is -0.207. The van der Waals surface area contributed by atoms with Gasteiger partial charge in [0, 0.05) is 31.0 Å². The molecule has 0 unspecified atom stereocenters. The zero-order valence-electron chi connectivity index (χ0n) is 24.2. The van der Waals surface area contributed by atoms with Crippen LogP contribution < -0.4 is 14.4 Å². The minimum Gasteiger partial charge on any atom is -0.508 e. The number of aromatic hydroxyl groups is 1. The standard InChI is InChI=1S/C34H31F3N4O3/c1-3-21-24(36)9-8-18-12-20(42)13-22(28(18)21)23-14-27-29-31(30(23)37)38-33(39-32(29)40(2)25-6-4-7-26(25)44-27)43-17-34-10-5-11-41(34)16-19(35)15-34/h1,8-9,12-14,19,25-26,42H,4-7,10-11,15-17H2,2H3/t19-,25-,26+,34+/m1/s1. The second-order valence-corrected chi connectivity index (χ2v) is 12.6. The van der Waals surface area contributed by atoms with E-state index in [0.717, 1.165) is 38.6 Å². The summed E-state index contributed by atoms with van der Waals surface area (Å²) in [7, 11) is 1.92. The molecule has 1 saturated carbocycles. The number of likely N-dealkylation sites (N-methyl/N-ethyl adjacent to an activating group) is 1. The number of phenolic OH excluding ortho intramolecular Hbond substituents is 1. The maximum atomic E-state index is 16.9. The maximum Gasteiger partial charge on any atom is 0.319 e. The van der Waals surface area contributed by atoms with Crippen LogP contribution in [-0.4, -0.2) is 70.6 Å². The monoisotopic (exact) mass is 600 g/mol. The summed E-state index contributed by atoms with van der Waals surface area (Å²) in [6, 6.07) is 7.15. The molecule has 4 heterocycles. The predicted molar refractivity (Wildman–Crippen MR) is 161 cm³/mol. The summed E-state index contributed by atoms with van der Waals surface area (Å²) in [6.45, 7) is 1.40. The molecule has 10 heteroatoms. The number of nitrogens with zero attached hydrogens (tertiary/aromatic N) is 4. The largest absolute Gasteiger partial charge is 0.508 e. The molecule has 4 atom stereocenters. The van der Waals surface area contributed by atoms with Gasteiger partial charge in [0.15, 0.2) is 5.82 Å². The number of halogens is 3. The number of aromatic nitrogens is 2. The van der Waals surface area contributed by atoms with Crippen molar-refractivity contribution >= 4 is 27.5 Å². The Kier molecular flexibility index (Phi) is 6.14. The fourth-order valence-electron chi connectivity index (χ4n) is 8.05. The molecule has 0 spiro atoms. The van der Waals surface area contributed by atoms with E-state index in [2.05, 4.69) is 15.8 Å². The minimum atomic E-state index is -0.916. The number of terminal acetylenes is 1. The number of hydrogen-bond acceptors (Lipinski definition) is 7. The first-order valence-electron chi connectivity index (χ1n) is 15.1. The highest BCUT2D eigenvalue weighted by molar-refractivity contribution is 6.05. The molecule has 1 aromatic heterocycles. The predicted octanol–water partition coefficient (Wildman–Crippen LogP) is 6.12. The van der Waals surface area contributed by atoms with E-state index in [1.165, 1.54) is 24.3 Å². The van der Waals surface area contributed by atoms with Gasteiger partial charge in [-0.25, -0.2) is 13.2 Å². The molecule has 0 amide bonds. The topological polar surface area (TPSA) is 71.0 Å². The average molecular weight is 601 g/mol. The molecule has 226 valence electrons. The lowest BCUT2D eigenvalue weighted by molar-refractivity contribution is 0.107. The SMILES string of the molecule is C#Cc1c(F)ccc2cc(O)cc(-c3cc4c5c(nc(OC[C@@]67CCCN6C[C@H](F)C7)nc5c3F)N(C)[C@@H]3CCC[C@@H]3O4)c12. The van der Waals surface area contributed by atoms with Crippen LogP contribution in [0.25, 0.3) is 32.8 Å². The molecular formula is C34H31F3N4O3. The number of benzene rings is 3. The van der Waals surface area contributed by atoms with Crippen LogP contribution in [0, 0.1) is 24.0 Å². The van der Waals surface area contributed by atoms with Crippen molar-refractivity contribution in [3.8, 4) is 41.0 Å². The van der Waals surface area contributed by atoms with Crippen molar-refractivity contribution < 1.29 is 27.8 Å². The quantitative estimate of drug-likeness (QED) is 0.283. The molecule has 7 nitrogen and oxygen atoms in total. The molecular weight excluding hydrogens is 569 g/mol. The van der Waals surface area contributed by atoms with Crippen LogP contribution in [-0.2, 0) is 0 Å². The second kappa shape index (κ2) is 9.89. The normalized spacial score (nSPS) is 26.0. The summed E-state index contributed by atoms with van der Waals surface area (Å²) in [4.78, 5) is 13.5. The van der Waals surface area contributed by atoms with Gasteiger partial charge >= 0.3 is 6.01 Å². The van der Waals surface area contributed by atoms with E-state index in [9.17, 15) is 13.9 Å². The van der Waals surface area contributed by atoms with Gasteiger partial charge in [0.25, 0.3) is 0 Å². The third-order valence-corrected chi connectivity index (χ3v) is 10.1. The van der Waals surface area contributed by atoms with Gasteiger partial charge in [-0.3, -0.25) is 4.90 Å². The van der Waals surface area contributed by atoms with Gasteiger partial charge in [-0.1, -0.05) is 12.0 Å². The van der Waals surface area contributed by atoms with Crippen LogP contribution in [0.5, 0.6) is 17.5 Å². The molecule has 2 saturated heterocycles. The molecule has 0 radical (unpaired) electrons. The minimum absolute atomic E-state index is 0.00236. The van der Waals surface area contributed by atoms with Crippen molar-refractivity contribution in [3.05, 3.63) is 47.5 Å². The summed E-state index contributed by atoms with van der Waals surface area (Å²) in [5, 5.41) is 11.8. The van der Waals surface area contributed by atoms with Crippen molar-refractivity contribution in [2.24, 2.45) is 0 Å². The summed E-state index contributed by atoms with van der Waals surface area (Å²) < 4.78 is 59.0. The number of hydrogen-bond donors (Lipinski definition) is 1. The molecule has 8 rings (SSSR count). The van der Waals surface area contributed by atoms with Crippen LogP contribution in [0.15, 0.2) is 30.3 Å². The Morgan fingerprint density at radius 1 is 1.14 bits per heavy atom. The molecule has 1 N–H and O–H groups in total. The summed E-state index contributed by atoms with van der Waals surface area (Å²) >= 11 is 0. The molecule has 3 aliphatic heterocycles. The lowest BCUT2D eigenvalue weighted by Gasteiger charge is -2.31. The zero-order chi connectivity index (χ0) is 30.3. The van der Waals surface area contributed by atoms with Crippen LogP contribution >= 0.6 is 0 Å². The highest BCUT2D eigenvalue weighted by Crippen LogP contribution is 2.47. The van der Waals surface area contributed by atoms with Gasteiger partial charge in [0.1, 0.15) is 47.5 Å². The van der Waals surface area contributed by atoms with Gasteiger partial charge in [0.2, 0.25) is 0 Å². The molecule has 4 aromatic rings. The fraction of sp³-hybridized carbons (Fsp3) is 0.412. The number of ether oxygens (including phenoxy) is 2. The molecule has 4 aliphatic rings. The Balaban J connectivity index is 1.34. The lowest BCUT2D eigenvalue weighted by Crippen LogP contribution is -2.43. The Morgan fingerprint density at radius 2 is 2.00 bits per heavy atom. The van der Waals surface area contributed by atoms with Crippen LogP contribution in [0.4, 0.5) is 19.0 Å². The summed E-state index contributed by atoms with van der Waals surface area (Å²) in [5.74, 6) is 1.83. The Morgan fingerprint density at radius 3 is 2.84 bits per heavy atom. The maximum absolute atomic E-state index is 16.9. The fourth-order valence-corrected chi connectivity index (χ4v) is 8.05. The number of fused-ring (bicyclic) bond motifs is 3. The third-order valence-electron chi connectivity index (χ3n) is 10.1. The van der Waals surface area contributed by atoms with Crippen molar-refractivity contribution in [1.29, 1.82) is 0 Å².